The highest BCUT2D eigenvalue weighted by Gasteiger charge is 2.47. The number of aromatic nitrogens is 1. The number of ether oxygens (including phenoxy) is 2. The molecule has 8 heteroatoms. The Morgan fingerprint density at radius 1 is 1.36 bits per heavy atom. The van der Waals surface area contributed by atoms with E-state index in [0.29, 0.717) is 29.3 Å². The van der Waals surface area contributed by atoms with Crippen molar-refractivity contribution < 1.29 is 24.2 Å². The van der Waals surface area contributed by atoms with Crippen molar-refractivity contribution in [3.8, 4) is 5.75 Å². The van der Waals surface area contributed by atoms with Gasteiger partial charge in [0.25, 0.3) is 0 Å². The molecule has 7 nitrogen and oxygen atoms in total. The molecule has 0 bridgehead atoms. The van der Waals surface area contributed by atoms with E-state index in [1.165, 1.54) is 14.2 Å². The van der Waals surface area contributed by atoms with Crippen LogP contribution in [0.2, 0.25) is 5.02 Å². The lowest BCUT2D eigenvalue weighted by Gasteiger charge is -2.22. The molecule has 1 aliphatic carbocycles. The highest BCUT2D eigenvalue weighted by Crippen LogP contribution is 2.54. The zero-order valence-corrected chi connectivity index (χ0v) is 16.6. The van der Waals surface area contributed by atoms with E-state index < -0.39 is 11.9 Å². The number of carboxylic acids is 1. The zero-order valence-electron chi connectivity index (χ0n) is 15.9. The highest BCUT2D eigenvalue weighted by molar-refractivity contribution is 6.34. The van der Waals surface area contributed by atoms with E-state index in [2.05, 4.69) is 4.98 Å². The van der Waals surface area contributed by atoms with Crippen LogP contribution in [0.5, 0.6) is 5.75 Å². The quantitative estimate of drug-likeness (QED) is 0.823. The molecule has 3 atom stereocenters. The smallest absolute Gasteiger partial charge is 0.307 e. The summed E-state index contributed by atoms with van der Waals surface area (Å²) in [6, 6.07) is 1.68. The van der Waals surface area contributed by atoms with Crippen LogP contribution in [-0.4, -0.2) is 47.7 Å². The summed E-state index contributed by atoms with van der Waals surface area (Å²) >= 11 is 6.56. The van der Waals surface area contributed by atoms with Crippen LogP contribution in [0.25, 0.3) is 10.9 Å². The van der Waals surface area contributed by atoms with E-state index in [0.717, 1.165) is 22.1 Å². The maximum Gasteiger partial charge on any atom is 0.307 e. The lowest BCUT2D eigenvalue weighted by atomic mass is 9.96. The number of carboxylic acid groups (broad SMARTS) is 1. The summed E-state index contributed by atoms with van der Waals surface area (Å²) in [5.41, 5.74) is 3.37. The molecule has 0 unspecified atom stereocenters. The third-order valence-corrected chi connectivity index (χ3v) is 6.13. The van der Waals surface area contributed by atoms with Gasteiger partial charge >= 0.3 is 5.97 Å². The average Bonchev–Trinajstić information content (AvgIpc) is 3.38. The van der Waals surface area contributed by atoms with Crippen molar-refractivity contribution in [1.29, 1.82) is 0 Å². The summed E-state index contributed by atoms with van der Waals surface area (Å²) in [5.74, 6) is -1.07. The minimum Gasteiger partial charge on any atom is -0.495 e. The summed E-state index contributed by atoms with van der Waals surface area (Å²) in [7, 11) is 3.03. The molecule has 2 aliphatic rings. The van der Waals surface area contributed by atoms with Crippen molar-refractivity contribution in [3.63, 3.8) is 0 Å². The van der Waals surface area contributed by atoms with Crippen molar-refractivity contribution >= 4 is 34.4 Å². The number of hydrogen-bond acceptors (Lipinski definition) is 5. The maximum atomic E-state index is 12.4. The molecule has 0 saturated heterocycles. The fourth-order valence-corrected chi connectivity index (χ4v) is 4.62. The van der Waals surface area contributed by atoms with Gasteiger partial charge in [-0.15, -0.1) is 0 Å². The van der Waals surface area contributed by atoms with Crippen molar-refractivity contribution in [3.05, 3.63) is 34.0 Å². The zero-order chi connectivity index (χ0) is 20.2. The third kappa shape index (κ3) is 2.81. The number of carbonyl (C=O) groups excluding carboxylic acids is 1. The molecule has 1 N–H and O–H groups in total. The van der Waals surface area contributed by atoms with Gasteiger partial charge in [0.2, 0.25) is 5.91 Å². The van der Waals surface area contributed by atoms with Crippen LogP contribution in [0, 0.1) is 5.92 Å². The molecule has 1 aliphatic heterocycles. The third-order valence-electron chi connectivity index (χ3n) is 5.74. The van der Waals surface area contributed by atoms with Gasteiger partial charge in [0.05, 0.1) is 29.6 Å². The number of pyridine rings is 1. The Kier molecular flexibility index (Phi) is 4.67. The number of benzene rings is 1. The first-order valence-corrected chi connectivity index (χ1v) is 9.45. The Morgan fingerprint density at radius 3 is 2.71 bits per heavy atom. The van der Waals surface area contributed by atoms with Gasteiger partial charge in [0, 0.05) is 36.7 Å². The van der Waals surface area contributed by atoms with E-state index >= 15 is 0 Å². The molecule has 1 amide bonds. The van der Waals surface area contributed by atoms with Crippen LogP contribution in [-0.2, 0) is 20.9 Å². The first-order valence-electron chi connectivity index (χ1n) is 9.08. The Bertz CT molecular complexity index is 992. The molecule has 0 radical (unpaired) electrons. The predicted molar refractivity (Wildman–Crippen MR) is 103 cm³/mol. The van der Waals surface area contributed by atoms with Gasteiger partial charge in [-0.05, 0) is 30.5 Å². The second kappa shape index (κ2) is 6.90. The fraction of sp³-hybridized carbons (Fsp3) is 0.450. The highest BCUT2D eigenvalue weighted by atomic mass is 35.5. The largest absolute Gasteiger partial charge is 0.495 e. The molecule has 1 fully saturated rings. The molecule has 148 valence electrons. The first-order chi connectivity index (χ1) is 13.4. The first kappa shape index (κ1) is 19.0. The molecule has 1 saturated carbocycles. The minimum absolute atomic E-state index is 0.0203. The summed E-state index contributed by atoms with van der Waals surface area (Å²) < 4.78 is 10.5. The number of carbonyl (C=O) groups is 2. The van der Waals surface area contributed by atoms with Crippen molar-refractivity contribution in [1.82, 2.24) is 9.88 Å². The van der Waals surface area contributed by atoms with Crippen LogP contribution < -0.4 is 4.74 Å². The topological polar surface area (TPSA) is 89.0 Å². The van der Waals surface area contributed by atoms with Gasteiger partial charge in [0.1, 0.15) is 12.4 Å². The predicted octanol–water partition coefficient (Wildman–Crippen LogP) is 3.13. The molecule has 28 heavy (non-hydrogen) atoms. The van der Waals surface area contributed by atoms with Gasteiger partial charge in [-0.2, -0.15) is 0 Å². The number of methoxy groups -OCH3 is 2. The number of fused-ring (bicyclic) bond motifs is 3. The van der Waals surface area contributed by atoms with E-state index in [9.17, 15) is 14.7 Å². The van der Waals surface area contributed by atoms with E-state index in [4.69, 9.17) is 21.1 Å². The Labute approximate surface area is 167 Å². The molecule has 2 aromatic rings. The van der Waals surface area contributed by atoms with Crippen molar-refractivity contribution in [2.24, 2.45) is 5.92 Å². The number of amides is 1. The van der Waals surface area contributed by atoms with Crippen molar-refractivity contribution in [2.45, 2.75) is 31.8 Å². The van der Waals surface area contributed by atoms with Crippen LogP contribution >= 0.6 is 11.6 Å². The van der Waals surface area contributed by atoms with Gasteiger partial charge in [-0.25, -0.2) is 0 Å². The van der Waals surface area contributed by atoms with Crippen LogP contribution in [0.4, 0.5) is 0 Å². The number of aliphatic carboxylic acids is 1. The van der Waals surface area contributed by atoms with Gasteiger partial charge in [-0.3, -0.25) is 14.6 Å². The number of hydrogen-bond donors (Lipinski definition) is 1. The maximum absolute atomic E-state index is 12.4. The van der Waals surface area contributed by atoms with Gasteiger partial charge in [0.15, 0.2) is 0 Å². The second-order valence-electron chi connectivity index (χ2n) is 7.32. The molecule has 2 heterocycles. The van der Waals surface area contributed by atoms with Crippen LogP contribution in [0.1, 0.15) is 42.0 Å². The molecular weight excluding hydrogens is 384 g/mol. The standard InChI is InChI=1S/C20H21ClN2O5/c1-9-16-10(7-23(9)15(24)8-27-2)6-22-19-13(16)5-14(28-3)18(21)17(19)11-4-12(11)20(25)26/h5-6,9,11-12H,4,7-8H2,1-3H3,(H,25,26)/t9-,11-,12-/m1/s1. The minimum atomic E-state index is -0.831. The SMILES string of the molecule is COCC(=O)N1Cc2cnc3c([C@@H]4C[C@H]4C(=O)O)c(Cl)c(OC)cc3c2[C@H]1C. The second-order valence-corrected chi connectivity index (χ2v) is 7.70. The average molecular weight is 405 g/mol. The normalized spacial score (nSPS) is 23.0. The molecule has 1 aromatic carbocycles. The Morgan fingerprint density at radius 2 is 2.11 bits per heavy atom. The summed E-state index contributed by atoms with van der Waals surface area (Å²) in [5, 5.41) is 10.6. The van der Waals surface area contributed by atoms with Crippen LogP contribution in [0.3, 0.4) is 0 Å². The molecular formula is C20H21ClN2O5. The van der Waals surface area contributed by atoms with Crippen LogP contribution in [0.15, 0.2) is 12.3 Å². The summed E-state index contributed by atoms with van der Waals surface area (Å²) in [4.78, 5) is 30.2. The Hall–Kier alpha value is -2.38. The lowest BCUT2D eigenvalue weighted by Crippen LogP contribution is -2.31. The lowest BCUT2D eigenvalue weighted by molar-refractivity contribution is -0.139. The van der Waals surface area contributed by atoms with Crippen molar-refractivity contribution in [2.75, 3.05) is 20.8 Å². The van der Waals surface area contributed by atoms with Gasteiger partial charge in [-0.1, -0.05) is 11.6 Å². The molecule has 4 rings (SSSR count). The number of rotatable bonds is 5. The number of halogens is 1. The molecule has 0 spiro atoms. The summed E-state index contributed by atoms with van der Waals surface area (Å²) in [6.07, 6.45) is 2.29. The fourth-order valence-electron chi connectivity index (χ4n) is 4.25. The summed E-state index contributed by atoms with van der Waals surface area (Å²) in [6.45, 7) is 2.45. The van der Waals surface area contributed by atoms with E-state index in [1.54, 1.807) is 11.1 Å². The number of nitrogens with zero attached hydrogens (tertiary/aromatic N) is 2. The Balaban J connectivity index is 1.88. The molecule has 1 aromatic heterocycles. The van der Waals surface area contributed by atoms with E-state index in [-0.39, 0.29) is 24.5 Å². The van der Waals surface area contributed by atoms with E-state index in [1.807, 2.05) is 13.0 Å². The monoisotopic (exact) mass is 404 g/mol. The van der Waals surface area contributed by atoms with Gasteiger partial charge < -0.3 is 19.5 Å².